The lowest BCUT2D eigenvalue weighted by Crippen LogP contribution is -2.46. The van der Waals surface area contributed by atoms with Gasteiger partial charge in [-0.25, -0.2) is 9.78 Å². The Bertz CT molecular complexity index is 405. The SMILES string of the molecule is COC(=O)C[C@@H]1OO[C@@](CCC/C=C/C(C)=O)(OC)C[C@@H]1C. The highest BCUT2D eigenvalue weighted by Crippen LogP contribution is 2.36. The zero-order valence-electron chi connectivity index (χ0n) is 13.8. The number of methoxy groups -OCH3 is 2. The number of hydrogen-bond donors (Lipinski definition) is 0. The van der Waals surface area contributed by atoms with E-state index in [1.807, 2.05) is 13.0 Å². The molecule has 1 aliphatic heterocycles. The third kappa shape index (κ3) is 5.87. The van der Waals surface area contributed by atoms with E-state index < -0.39 is 5.79 Å². The van der Waals surface area contributed by atoms with Crippen LogP contribution in [-0.4, -0.2) is 37.9 Å². The predicted octanol–water partition coefficient (Wildman–Crippen LogP) is 2.56. The van der Waals surface area contributed by atoms with Gasteiger partial charge in [-0.05, 0) is 31.8 Å². The molecule has 0 radical (unpaired) electrons. The van der Waals surface area contributed by atoms with Crippen LogP contribution in [0.15, 0.2) is 12.2 Å². The minimum absolute atomic E-state index is 0.0398. The zero-order valence-corrected chi connectivity index (χ0v) is 13.8. The summed E-state index contributed by atoms with van der Waals surface area (Å²) in [5, 5.41) is 0. The third-order valence-corrected chi connectivity index (χ3v) is 3.84. The van der Waals surface area contributed by atoms with Gasteiger partial charge < -0.3 is 9.47 Å². The summed E-state index contributed by atoms with van der Waals surface area (Å²) in [7, 11) is 2.94. The molecule has 0 amide bonds. The first-order valence-corrected chi connectivity index (χ1v) is 7.56. The summed E-state index contributed by atoms with van der Waals surface area (Å²) in [5.41, 5.74) is 0. The molecule has 126 valence electrons. The molecule has 0 aromatic heterocycles. The molecule has 1 saturated heterocycles. The van der Waals surface area contributed by atoms with Gasteiger partial charge in [-0.2, -0.15) is 0 Å². The van der Waals surface area contributed by atoms with Crippen LogP contribution in [0.2, 0.25) is 0 Å². The zero-order chi connectivity index (χ0) is 16.6. The average Bonchev–Trinajstić information content (AvgIpc) is 2.49. The number of ketones is 1. The first-order valence-electron chi connectivity index (χ1n) is 7.56. The fourth-order valence-corrected chi connectivity index (χ4v) is 2.48. The second-order valence-electron chi connectivity index (χ2n) is 5.70. The number of esters is 1. The number of unbranched alkanes of at least 4 members (excludes halogenated alkanes) is 1. The molecule has 22 heavy (non-hydrogen) atoms. The standard InChI is InChI=1S/C16H26O6/c1-12-11-16(20-4,9-7-5-6-8-13(2)17)22-21-14(12)10-15(18)19-3/h6,8,12,14H,5,7,9-11H2,1-4H3/b8-6+/t12-,14-,16+/m0/s1. The maximum Gasteiger partial charge on any atom is 0.308 e. The van der Waals surface area contributed by atoms with Crippen LogP contribution in [-0.2, 0) is 28.8 Å². The number of allylic oxidation sites excluding steroid dienone is 2. The smallest absolute Gasteiger partial charge is 0.308 e. The highest BCUT2D eigenvalue weighted by Gasteiger charge is 2.42. The van der Waals surface area contributed by atoms with Crippen molar-refractivity contribution < 1.29 is 28.8 Å². The normalized spacial score (nSPS) is 28.7. The van der Waals surface area contributed by atoms with Crippen molar-refractivity contribution in [2.24, 2.45) is 5.92 Å². The van der Waals surface area contributed by atoms with Crippen LogP contribution in [0.5, 0.6) is 0 Å². The molecule has 0 unspecified atom stereocenters. The Morgan fingerprint density at radius 3 is 2.64 bits per heavy atom. The fourth-order valence-electron chi connectivity index (χ4n) is 2.48. The maximum absolute atomic E-state index is 11.3. The second-order valence-corrected chi connectivity index (χ2v) is 5.70. The molecule has 0 aliphatic carbocycles. The van der Waals surface area contributed by atoms with Gasteiger partial charge in [0, 0.05) is 20.0 Å². The van der Waals surface area contributed by atoms with E-state index in [9.17, 15) is 9.59 Å². The van der Waals surface area contributed by atoms with Crippen LogP contribution in [0.4, 0.5) is 0 Å². The minimum atomic E-state index is -0.796. The van der Waals surface area contributed by atoms with Crippen molar-refractivity contribution in [1.82, 2.24) is 0 Å². The van der Waals surface area contributed by atoms with E-state index >= 15 is 0 Å². The van der Waals surface area contributed by atoms with Crippen LogP contribution in [0.1, 0.15) is 46.0 Å². The van der Waals surface area contributed by atoms with Crippen molar-refractivity contribution in [3.63, 3.8) is 0 Å². The number of carbonyl (C=O) groups is 2. The molecule has 0 spiro atoms. The van der Waals surface area contributed by atoms with Crippen LogP contribution in [0.25, 0.3) is 0 Å². The van der Waals surface area contributed by atoms with Crippen molar-refractivity contribution in [3.05, 3.63) is 12.2 Å². The van der Waals surface area contributed by atoms with Crippen molar-refractivity contribution >= 4 is 11.8 Å². The Morgan fingerprint density at radius 1 is 1.36 bits per heavy atom. The Morgan fingerprint density at radius 2 is 2.09 bits per heavy atom. The van der Waals surface area contributed by atoms with Crippen LogP contribution >= 0.6 is 0 Å². The molecule has 0 bridgehead atoms. The summed E-state index contributed by atoms with van der Waals surface area (Å²) in [6, 6.07) is 0. The molecule has 0 N–H and O–H groups in total. The van der Waals surface area contributed by atoms with Gasteiger partial charge in [-0.3, -0.25) is 9.59 Å². The first kappa shape index (κ1) is 18.8. The summed E-state index contributed by atoms with van der Waals surface area (Å²) in [5.74, 6) is -0.964. The van der Waals surface area contributed by atoms with E-state index in [2.05, 4.69) is 4.74 Å². The number of rotatable bonds is 8. The summed E-state index contributed by atoms with van der Waals surface area (Å²) in [6.45, 7) is 3.52. The Balaban J connectivity index is 2.47. The highest BCUT2D eigenvalue weighted by atomic mass is 17.2. The molecule has 0 aromatic carbocycles. The number of carbonyl (C=O) groups excluding carboxylic acids is 2. The number of ether oxygens (including phenoxy) is 2. The molecular formula is C16H26O6. The topological polar surface area (TPSA) is 71.1 Å². The molecule has 0 aromatic rings. The molecule has 3 atom stereocenters. The van der Waals surface area contributed by atoms with E-state index in [0.717, 1.165) is 12.8 Å². The monoisotopic (exact) mass is 314 g/mol. The largest absolute Gasteiger partial charge is 0.469 e. The average molecular weight is 314 g/mol. The molecule has 6 heteroatoms. The lowest BCUT2D eigenvalue weighted by atomic mass is 9.90. The van der Waals surface area contributed by atoms with Gasteiger partial charge in [0.25, 0.3) is 0 Å². The Labute approximate surface area is 131 Å². The van der Waals surface area contributed by atoms with Crippen molar-refractivity contribution in [2.75, 3.05) is 14.2 Å². The summed E-state index contributed by atoms with van der Waals surface area (Å²) in [4.78, 5) is 33.0. The Kier molecular flexibility index (Phi) is 7.72. The molecule has 1 fully saturated rings. The van der Waals surface area contributed by atoms with Gasteiger partial charge in [0.15, 0.2) is 5.78 Å². The van der Waals surface area contributed by atoms with Gasteiger partial charge in [-0.1, -0.05) is 13.0 Å². The van der Waals surface area contributed by atoms with E-state index in [1.165, 1.54) is 14.0 Å². The Hall–Kier alpha value is -1.24. The molecule has 0 saturated carbocycles. The predicted molar refractivity (Wildman–Crippen MR) is 79.8 cm³/mol. The molecule has 1 heterocycles. The summed E-state index contributed by atoms with van der Waals surface area (Å²) in [6.07, 6.45) is 6.13. The van der Waals surface area contributed by atoms with E-state index in [-0.39, 0.29) is 30.2 Å². The second kappa shape index (κ2) is 9.02. The number of hydrogen-bond acceptors (Lipinski definition) is 6. The molecule has 6 nitrogen and oxygen atoms in total. The lowest BCUT2D eigenvalue weighted by molar-refractivity contribution is -0.475. The third-order valence-electron chi connectivity index (χ3n) is 3.84. The van der Waals surface area contributed by atoms with E-state index in [1.54, 1.807) is 13.2 Å². The first-order chi connectivity index (χ1) is 10.4. The summed E-state index contributed by atoms with van der Waals surface area (Å²) < 4.78 is 10.2. The van der Waals surface area contributed by atoms with E-state index in [4.69, 9.17) is 14.5 Å². The fraction of sp³-hybridized carbons (Fsp3) is 0.750. The van der Waals surface area contributed by atoms with Gasteiger partial charge >= 0.3 is 5.97 Å². The molecular weight excluding hydrogens is 288 g/mol. The van der Waals surface area contributed by atoms with Gasteiger partial charge in [0.1, 0.15) is 6.10 Å². The van der Waals surface area contributed by atoms with Crippen molar-refractivity contribution in [2.45, 2.75) is 57.8 Å². The van der Waals surface area contributed by atoms with Gasteiger partial charge in [0.2, 0.25) is 5.79 Å². The van der Waals surface area contributed by atoms with E-state index in [0.29, 0.717) is 12.8 Å². The minimum Gasteiger partial charge on any atom is -0.469 e. The van der Waals surface area contributed by atoms with Crippen molar-refractivity contribution in [1.29, 1.82) is 0 Å². The van der Waals surface area contributed by atoms with Gasteiger partial charge in [-0.15, -0.1) is 0 Å². The summed E-state index contributed by atoms with van der Waals surface area (Å²) >= 11 is 0. The lowest BCUT2D eigenvalue weighted by Gasteiger charge is -2.40. The highest BCUT2D eigenvalue weighted by molar-refractivity contribution is 5.87. The quantitative estimate of drug-likeness (QED) is 0.297. The van der Waals surface area contributed by atoms with Crippen LogP contribution in [0.3, 0.4) is 0 Å². The molecule has 1 aliphatic rings. The van der Waals surface area contributed by atoms with Crippen LogP contribution < -0.4 is 0 Å². The van der Waals surface area contributed by atoms with Gasteiger partial charge in [0.05, 0.1) is 13.5 Å². The molecule has 1 rings (SSSR count). The maximum atomic E-state index is 11.3. The van der Waals surface area contributed by atoms with Crippen molar-refractivity contribution in [3.8, 4) is 0 Å². The van der Waals surface area contributed by atoms with Crippen LogP contribution in [0, 0.1) is 5.92 Å².